The zero-order chi connectivity index (χ0) is 51.0. The van der Waals surface area contributed by atoms with Crippen LogP contribution in [0.15, 0.2) is 67.0 Å². The topological polar surface area (TPSA) is 224 Å². The van der Waals surface area contributed by atoms with Crippen molar-refractivity contribution in [2.45, 2.75) is 91.1 Å². The van der Waals surface area contributed by atoms with Crippen molar-refractivity contribution in [2.75, 3.05) is 25.6 Å². The van der Waals surface area contributed by atoms with Gasteiger partial charge in [-0.15, -0.1) is 0 Å². The Balaban J connectivity index is 0.000000267. The molecule has 2 aromatic heterocycles. The first-order valence-electron chi connectivity index (χ1n) is 21.0. The van der Waals surface area contributed by atoms with Crippen LogP contribution in [0.4, 0.5) is 32.3 Å². The molecular formula is C43H50F6N6O12P2. The first-order valence-corrected chi connectivity index (χ1v) is 24.2. The molecule has 5 aromatic rings. The van der Waals surface area contributed by atoms with E-state index in [0.717, 1.165) is 0 Å². The number of para-hydroxylation sites is 2. The van der Waals surface area contributed by atoms with Crippen LogP contribution < -0.4 is 29.1 Å². The van der Waals surface area contributed by atoms with Gasteiger partial charge in [-0.05, 0) is 65.8 Å². The number of anilines is 1. The van der Waals surface area contributed by atoms with Gasteiger partial charge in [-0.25, -0.2) is 31.7 Å². The maximum Gasteiger partial charge on any atom is 0.459 e. The summed E-state index contributed by atoms with van der Waals surface area (Å²) in [6.07, 6.45) is -2.37. The van der Waals surface area contributed by atoms with Crippen LogP contribution in [0.2, 0.25) is 0 Å². The molecule has 3 heterocycles. The van der Waals surface area contributed by atoms with Gasteiger partial charge in [0.2, 0.25) is 46.7 Å². The van der Waals surface area contributed by atoms with E-state index < -0.39 is 104 Å². The summed E-state index contributed by atoms with van der Waals surface area (Å²) in [5.41, 5.74) is 4.42. The summed E-state index contributed by atoms with van der Waals surface area (Å²) in [6.45, 7) is 10.3. The van der Waals surface area contributed by atoms with Crippen LogP contribution in [0.3, 0.4) is 0 Å². The number of alkyl halides is 1. The molecule has 69 heavy (non-hydrogen) atoms. The molecule has 3 unspecified atom stereocenters. The van der Waals surface area contributed by atoms with E-state index >= 15 is 4.39 Å². The molecule has 1 fully saturated rings. The van der Waals surface area contributed by atoms with Crippen LogP contribution in [-0.2, 0) is 37.5 Å². The van der Waals surface area contributed by atoms with Crippen molar-refractivity contribution in [2.24, 2.45) is 5.92 Å². The van der Waals surface area contributed by atoms with Crippen LogP contribution in [0.25, 0.3) is 11.2 Å². The van der Waals surface area contributed by atoms with Gasteiger partial charge in [0.25, 0.3) is 0 Å². The van der Waals surface area contributed by atoms with Crippen LogP contribution in [0, 0.1) is 35.0 Å². The van der Waals surface area contributed by atoms with E-state index in [2.05, 4.69) is 20.0 Å². The summed E-state index contributed by atoms with van der Waals surface area (Å²) in [5, 5.41) is 2.60. The van der Waals surface area contributed by atoms with E-state index in [1.165, 1.54) is 63.0 Å². The fourth-order valence-corrected chi connectivity index (χ4v) is 9.81. The summed E-state index contributed by atoms with van der Waals surface area (Å²) in [4.78, 5) is 36.8. The lowest BCUT2D eigenvalue weighted by Gasteiger charge is -2.24. The van der Waals surface area contributed by atoms with Crippen molar-refractivity contribution in [3.8, 4) is 23.1 Å². The minimum absolute atomic E-state index is 0.0743. The van der Waals surface area contributed by atoms with E-state index in [0.29, 0.717) is 0 Å². The number of fused-ring (bicyclic) bond motifs is 1. The quantitative estimate of drug-likeness (QED) is 0.0258. The first kappa shape index (κ1) is 54.0. The second-order valence-electron chi connectivity index (χ2n) is 16.1. The van der Waals surface area contributed by atoms with Crippen LogP contribution in [0.1, 0.15) is 61.1 Å². The third-order valence-electron chi connectivity index (χ3n) is 9.41. The lowest BCUT2D eigenvalue weighted by Crippen LogP contribution is -2.36. The highest BCUT2D eigenvalue weighted by molar-refractivity contribution is 7.54. The lowest BCUT2D eigenvalue weighted by molar-refractivity contribution is -0.151. The van der Waals surface area contributed by atoms with E-state index in [4.69, 9.17) is 42.8 Å². The van der Waals surface area contributed by atoms with Crippen molar-refractivity contribution in [3.63, 3.8) is 0 Å². The molecule has 0 bridgehead atoms. The largest absolute Gasteiger partial charge is 0.479 e. The predicted octanol–water partition coefficient (Wildman–Crippen LogP) is 9.19. The normalized spacial score (nSPS) is 19.4. The number of hydrogen-bond donors (Lipinski definition) is 2. The maximum absolute atomic E-state index is 15.8. The predicted molar refractivity (Wildman–Crippen MR) is 236 cm³/mol. The zero-order valence-corrected chi connectivity index (χ0v) is 40.2. The van der Waals surface area contributed by atoms with Crippen molar-refractivity contribution in [3.05, 3.63) is 96.1 Å². The van der Waals surface area contributed by atoms with Gasteiger partial charge >= 0.3 is 27.3 Å². The maximum atomic E-state index is 15.8. The molecule has 6 rings (SSSR count). The Bertz CT molecular complexity index is 2660. The number of nitrogens with one attached hydrogen (secondary N) is 1. The molecule has 1 aliphatic heterocycles. The summed E-state index contributed by atoms with van der Waals surface area (Å²) < 4.78 is 155. The molecule has 18 nitrogen and oxygen atoms in total. The molecule has 0 radical (unpaired) electrons. The molecule has 0 aliphatic carbocycles. The molecule has 3 N–H and O–H groups in total. The Hall–Kier alpha value is -5.93. The lowest BCUT2D eigenvalue weighted by atomic mass is 10.0. The standard InChI is InChI=1S/C24H32FN6O7P.C19H18F5O5P/c1-14(2)36-21(32)15(3)30-39(33,38-16-9-7-6-8-10-16)35-12-17-11-24(4,25)22(37-17)31-13-27-18-19(31)28-23(26)29-20(18)34-5;1-10(2)27-19(25)11(3)9-30(26,28-12-7-5-4-6-8-12)29-18-16(23)14(21)13(20)15(22)17(18)24/h6-10,13-15,17,22H,11-12H2,1-5H3,(H,30,33)(H2,26,28,29);4-8,10-11H,9H2,1-3H3/t15-,17?,22?,24?,39-;11-,30+/m01/s1. The number of aromatic nitrogens is 4. The van der Waals surface area contributed by atoms with E-state index in [9.17, 15) is 40.7 Å². The Kier molecular flexibility index (Phi) is 17.7. The molecule has 0 saturated carbocycles. The second kappa shape index (κ2) is 22.7. The molecule has 3 aromatic carbocycles. The number of benzene rings is 3. The van der Waals surface area contributed by atoms with Crippen molar-refractivity contribution in [1.82, 2.24) is 24.6 Å². The highest BCUT2D eigenvalue weighted by Crippen LogP contribution is 2.52. The number of nitrogens with zero attached hydrogens (tertiary/aromatic N) is 4. The molecule has 0 spiro atoms. The Morgan fingerprint density at radius 1 is 0.826 bits per heavy atom. The fourth-order valence-electron chi connectivity index (χ4n) is 6.41. The number of rotatable bonds is 19. The monoisotopic (exact) mass is 1020 g/mol. The minimum atomic E-state index is -4.66. The molecule has 7 atom stereocenters. The molecule has 26 heteroatoms. The highest BCUT2D eigenvalue weighted by atomic mass is 31.2. The molecule has 0 amide bonds. The van der Waals surface area contributed by atoms with E-state index in [1.54, 1.807) is 64.1 Å². The van der Waals surface area contributed by atoms with Crippen molar-refractivity contribution in [1.29, 1.82) is 0 Å². The molecule has 1 aliphatic rings. The number of hydrogen-bond acceptors (Lipinski definition) is 16. The van der Waals surface area contributed by atoms with Gasteiger partial charge in [0, 0.05) is 6.42 Å². The van der Waals surface area contributed by atoms with Crippen molar-refractivity contribution >= 4 is 44.4 Å². The number of carbonyl (C=O) groups is 2. The molecule has 376 valence electrons. The van der Waals surface area contributed by atoms with Gasteiger partial charge in [-0.3, -0.25) is 18.7 Å². The van der Waals surface area contributed by atoms with E-state index in [1.807, 2.05) is 0 Å². The Labute approximate surface area is 392 Å². The average Bonchev–Trinajstić information content (AvgIpc) is 3.84. The van der Waals surface area contributed by atoms with E-state index in [-0.39, 0.29) is 53.6 Å². The van der Waals surface area contributed by atoms with Crippen molar-refractivity contribution < 1.29 is 82.1 Å². The molecule has 1 saturated heterocycles. The third-order valence-corrected chi connectivity index (χ3v) is 13.0. The Morgan fingerprint density at radius 3 is 1.91 bits per heavy atom. The average molecular weight is 1020 g/mol. The summed E-state index contributed by atoms with van der Waals surface area (Å²) >= 11 is 0. The van der Waals surface area contributed by atoms with Gasteiger partial charge < -0.3 is 38.3 Å². The number of imidazole rings is 1. The number of nitrogen functional groups attached to an aromatic ring is 1. The summed E-state index contributed by atoms with van der Waals surface area (Å²) in [5.74, 6) is -15.7. The summed E-state index contributed by atoms with van der Waals surface area (Å²) in [7, 11) is -7.40. The van der Waals surface area contributed by atoms with Gasteiger partial charge in [0.05, 0.1) is 50.4 Å². The second-order valence-corrected chi connectivity index (χ2v) is 19.8. The number of nitrogens with two attached hydrogens (primary N) is 1. The third kappa shape index (κ3) is 13.9. The first-order chi connectivity index (χ1) is 32.4. The SMILES string of the molecule is CC(C)OC(=O)[C@H](C)C[P@](=O)(Oc1ccccc1)Oc1c(F)c(F)c(F)c(F)c1F.COc1nc(N)nc2c1ncn2C1OC(CO[P@@](=O)(N[C@@H](C)C(=O)OC(C)C)Oc2ccccc2)CC1(C)F. The number of esters is 2. The van der Waals surface area contributed by atoms with Gasteiger partial charge in [0.15, 0.2) is 23.1 Å². The number of halogens is 6. The summed E-state index contributed by atoms with van der Waals surface area (Å²) in [6, 6.07) is 14.5. The minimum Gasteiger partial charge on any atom is -0.479 e. The van der Waals surface area contributed by atoms with Gasteiger partial charge in [0.1, 0.15) is 17.5 Å². The van der Waals surface area contributed by atoms with Crippen LogP contribution >= 0.6 is 15.3 Å². The number of ether oxygens (including phenoxy) is 4. The zero-order valence-electron chi connectivity index (χ0n) is 38.4. The number of methoxy groups -OCH3 is 1. The smallest absolute Gasteiger partial charge is 0.459 e. The van der Waals surface area contributed by atoms with Crippen LogP contribution in [-0.4, -0.2) is 81.4 Å². The van der Waals surface area contributed by atoms with Crippen LogP contribution in [0.5, 0.6) is 23.1 Å². The Morgan fingerprint density at radius 2 is 1.36 bits per heavy atom. The fraction of sp³-hybridized carbons (Fsp3) is 0.419. The highest BCUT2D eigenvalue weighted by Gasteiger charge is 2.49. The number of carbonyl (C=O) groups excluding carboxylic acids is 2. The van der Waals surface area contributed by atoms with Gasteiger partial charge in [-0.1, -0.05) is 43.3 Å². The molecular weight excluding hydrogens is 968 g/mol. The van der Waals surface area contributed by atoms with Gasteiger partial charge in [-0.2, -0.15) is 23.8 Å².